The Labute approximate surface area is 137 Å². The van der Waals surface area contributed by atoms with E-state index in [2.05, 4.69) is 30.1 Å². The standard InChI is InChI=1S/C17H27ClN2S/c1-3-17(4-2)12-19-16(9-5-6-10-16)13-20(17)11-14-7-8-15(18)21-14/h7-8,19H,3-6,9-13H2,1-2H3. The number of nitrogens with zero attached hydrogens (tertiary/aromatic N) is 1. The van der Waals surface area contributed by atoms with Crippen molar-refractivity contribution in [1.82, 2.24) is 10.2 Å². The molecule has 1 aliphatic heterocycles. The number of nitrogens with one attached hydrogen (secondary N) is 1. The maximum absolute atomic E-state index is 6.13. The lowest BCUT2D eigenvalue weighted by molar-refractivity contribution is -0.00580. The van der Waals surface area contributed by atoms with E-state index in [1.54, 1.807) is 11.3 Å². The number of halogens is 1. The topological polar surface area (TPSA) is 15.3 Å². The maximum atomic E-state index is 6.13. The van der Waals surface area contributed by atoms with Crippen molar-refractivity contribution in [1.29, 1.82) is 0 Å². The van der Waals surface area contributed by atoms with Crippen LogP contribution in [0.5, 0.6) is 0 Å². The van der Waals surface area contributed by atoms with Crippen LogP contribution in [-0.4, -0.2) is 29.1 Å². The van der Waals surface area contributed by atoms with Gasteiger partial charge in [-0.25, -0.2) is 0 Å². The van der Waals surface area contributed by atoms with Gasteiger partial charge in [-0.15, -0.1) is 11.3 Å². The van der Waals surface area contributed by atoms with Gasteiger partial charge in [-0.1, -0.05) is 38.3 Å². The van der Waals surface area contributed by atoms with Crippen LogP contribution in [0.25, 0.3) is 0 Å². The van der Waals surface area contributed by atoms with Crippen molar-refractivity contribution in [2.45, 2.75) is 70.0 Å². The summed E-state index contributed by atoms with van der Waals surface area (Å²) in [6, 6.07) is 4.24. The molecule has 2 aliphatic rings. The second-order valence-corrected chi connectivity index (χ2v) is 8.63. The fourth-order valence-corrected chi connectivity index (χ4v) is 5.34. The van der Waals surface area contributed by atoms with Gasteiger partial charge in [0.2, 0.25) is 0 Å². The maximum Gasteiger partial charge on any atom is 0.0931 e. The lowest BCUT2D eigenvalue weighted by Crippen LogP contribution is -2.68. The first-order valence-electron chi connectivity index (χ1n) is 8.36. The second kappa shape index (κ2) is 6.19. The van der Waals surface area contributed by atoms with Crippen molar-refractivity contribution in [2.75, 3.05) is 13.1 Å². The van der Waals surface area contributed by atoms with Crippen molar-refractivity contribution in [2.24, 2.45) is 0 Å². The summed E-state index contributed by atoms with van der Waals surface area (Å²) in [6.07, 6.45) is 7.89. The minimum absolute atomic E-state index is 0.310. The SMILES string of the molecule is CCC1(CC)CNC2(CCCC2)CN1Cc1ccc(Cl)s1. The third-order valence-corrected chi connectivity index (χ3v) is 7.03. The summed E-state index contributed by atoms with van der Waals surface area (Å²) in [4.78, 5) is 4.16. The molecule has 0 aromatic carbocycles. The zero-order valence-electron chi connectivity index (χ0n) is 13.3. The third kappa shape index (κ3) is 3.03. The summed E-state index contributed by atoms with van der Waals surface area (Å²) in [5.74, 6) is 0. The van der Waals surface area contributed by atoms with Gasteiger partial charge in [0.1, 0.15) is 0 Å². The highest BCUT2D eigenvalue weighted by molar-refractivity contribution is 7.16. The van der Waals surface area contributed by atoms with Crippen LogP contribution in [0, 0.1) is 0 Å². The van der Waals surface area contributed by atoms with E-state index in [1.165, 1.54) is 49.9 Å². The Morgan fingerprint density at radius 1 is 1.24 bits per heavy atom. The number of rotatable bonds is 4. The number of hydrogen-bond acceptors (Lipinski definition) is 3. The van der Waals surface area contributed by atoms with Gasteiger partial charge in [0.25, 0.3) is 0 Å². The molecule has 1 saturated heterocycles. The Morgan fingerprint density at radius 3 is 2.52 bits per heavy atom. The molecule has 4 heteroatoms. The molecule has 0 amide bonds. The molecule has 1 spiro atoms. The van der Waals surface area contributed by atoms with Crippen LogP contribution >= 0.6 is 22.9 Å². The number of hydrogen-bond donors (Lipinski definition) is 1. The summed E-state index contributed by atoms with van der Waals surface area (Å²) >= 11 is 7.86. The van der Waals surface area contributed by atoms with Crippen molar-refractivity contribution in [3.63, 3.8) is 0 Å². The average Bonchev–Trinajstić information content (AvgIpc) is 3.10. The summed E-state index contributed by atoms with van der Waals surface area (Å²) in [5, 5.41) is 3.94. The second-order valence-electron chi connectivity index (χ2n) is 6.83. The van der Waals surface area contributed by atoms with Crippen LogP contribution < -0.4 is 5.32 Å². The zero-order chi connectivity index (χ0) is 14.9. The van der Waals surface area contributed by atoms with E-state index in [1.807, 2.05) is 6.07 Å². The Kier molecular flexibility index (Phi) is 4.66. The molecule has 0 atom stereocenters. The van der Waals surface area contributed by atoms with E-state index in [0.29, 0.717) is 11.1 Å². The Morgan fingerprint density at radius 2 is 1.95 bits per heavy atom. The van der Waals surface area contributed by atoms with E-state index in [0.717, 1.165) is 17.4 Å². The van der Waals surface area contributed by atoms with Crippen LogP contribution in [0.1, 0.15) is 57.2 Å². The Hall–Kier alpha value is -0.0900. The van der Waals surface area contributed by atoms with Crippen molar-refractivity contribution < 1.29 is 0 Å². The van der Waals surface area contributed by atoms with Crippen molar-refractivity contribution in [3.05, 3.63) is 21.3 Å². The molecule has 3 rings (SSSR count). The van der Waals surface area contributed by atoms with E-state index < -0.39 is 0 Å². The summed E-state index contributed by atoms with van der Waals surface area (Å²) in [5.41, 5.74) is 0.694. The fourth-order valence-electron chi connectivity index (χ4n) is 4.24. The van der Waals surface area contributed by atoms with Gasteiger partial charge in [-0.2, -0.15) is 0 Å². The summed E-state index contributed by atoms with van der Waals surface area (Å²) < 4.78 is 0.911. The number of piperazine rings is 1. The fraction of sp³-hybridized carbons (Fsp3) is 0.765. The quantitative estimate of drug-likeness (QED) is 0.864. The van der Waals surface area contributed by atoms with Crippen LogP contribution in [0.2, 0.25) is 4.34 Å². The molecule has 1 saturated carbocycles. The molecule has 1 aromatic rings. The molecule has 2 heterocycles. The first kappa shape index (κ1) is 15.8. The lowest BCUT2D eigenvalue weighted by atomic mass is 9.82. The predicted molar refractivity (Wildman–Crippen MR) is 92.3 cm³/mol. The van der Waals surface area contributed by atoms with Crippen molar-refractivity contribution >= 4 is 22.9 Å². The van der Waals surface area contributed by atoms with Gasteiger partial charge in [-0.05, 0) is 37.8 Å². The highest BCUT2D eigenvalue weighted by Crippen LogP contribution is 2.39. The van der Waals surface area contributed by atoms with Gasteiger partial charge in [0.05, 0.1) is 4.34 Å². The first-order chi connectivity index (χ1) is 10.1. The molecule has 118 valence electrons. The van der Waals surface area contributed by atoms with E-state index in [-0.39, 0.29) is 0 Å². The molecule has 1 N–H and O–H groups in total. The highest BCUT2D eigenvalue weighted by Gasteiger charge is 2.46. The predicted octanol–water partition coefficient (Wildman–Crippen LogP) is 4.68. The highest BCUT2D eigenvalue weighted by atomic mass is 35.5. The van der Waals surface area contributed by atoms with E-state index >= 15 is 0 Å². The van der Waals surface area contributed by atoms with Gasteiger partial charge in [0, 0.05) is 35.6 Å². The molecule has 21 heavy (non-hydrogen) atoms. The van der Waals surface area contributed by atoms with Gasteiger partial charge < -0.3 is 5.32 Å². The molecule has 2 fully saturated rings. The molecular formula is C17H27ClN2S. The molecule has 2 nitrogen and oxygen atoms in total. The molecule has 0 radical (unpaired) electrons. The molecule has 1 aliphatic carbocycles. The lowest BCUT2D eigenvalue weighted by Gasteiger charge is -2.53. The zero-order valence-corrected chi connectivity index (χ0v) is 14.8. The molecular weight excluding hydrogens is 300 g/mol. The average molecular weight is 327 g/mol. The molecule has 1 aromatic heterocycles. The van der Waals surface area contributed by atoms with Gasteiger partial charge in [-0.3, -0.25) is 4.90 Å². The third-order valence-electron chi connectivity index (χ3n) is 5.81. The Balaban J connectivity index is 1.82. The normalized spacial score (nSPS) is 24.7. The Bertz CT molecular complexity index is 475. The minimum Gasteiger partial charge on any atom is -0.308 e. The number of thiophene rings is 1. The first-order valence-corrected chi connectivity index (χ1v) is 9.55. The van der Waals surface area contributed by atoms with Crippen LogP contribution in [0.3, 0.4) is 0 Å². The smallest absolute Gasteiger partial charge is 0.0931 e. The largest absolute Gasteiger partial charge is 0.308 e. The van der Waals surface area contributed by atoms with Crippen LogP contribution in [0.4, 0.5) is 0 Å². The van der Waals surface area contributed by atoms with Crippen LogP contribution in [0.15, 0.2) is 12.1 Å². The molecule has 0 bridgehead atoms. The summed E-state index contributed by atoms with van der Waals surface area (Å²) in [6.45, 7) is 8.07. The monoisotopic (exact) mass is 326 g/mol. The van der Waals surface area contributed by atoms with Gasteiger partial charge >= 0.3 is 0 Å². The summed E-state index contributed by atoms with van der Waals surface area (Å²) in [7, 11) is 0. The minimum atomic E-state index is 0.310. The van der Waals surface area contributed by atoms with E-state index in [4.69, 9.17) is 11.6 Å². The van der Waals surface area contributed by atoms with E-state index in [9.17, 15) is 0 Å². The van der Waals surface area contributed by atoms with Crippen molar-refractivity contribution in [3.8, 4) is 0 Å². The molecule has 0 unspecified atom stereocenters. The van der Waals surface area contributed by atoms with Crippen LogP contribution in [-0.2, 0) is 6.54 Å². The van der Waals surface area contributed by atoms with Gasteiger partial charge in [0.15, 0.2) is 0 Å².